The number of anilines is 1. The summed E-state index contributed by atoms with van der Waals surface area (Å²) in [6.45, 7) is 5.47. The molecule has 0 aromatic heterocycles. The summed E-state index contributed by atoms with van der Waals surface area (Å²) in [5.41, 5.74) is 5.05. The Morgan fingerprint density at radius 3 is 2.28 bits per heavy atom. The Morgan fingerprint density at radius 2 is 1.58 bits per heavy atom. The molecule has 2 heterocycles. The molecular formula is C28H27Cl2N3O2S. The van der Waals surface area contributed by atoms with E-state index in [9.17, 15) is 9.59 Å². The maximum atomic E-state index is 13.2. The Hall–Kier alpha value is -2.67. The number of nitrogens with zero attached hydrogens (tertiary/aromatic N) is 3. The molecule has 0 unspecified atom stereocenters. The Balaban J connectivity index is 1.23. The van der Waals surface area contributed by atoms with Crippen LogP contribution in [-0.2, 0) is 11.3 Å². The van der Waals surface area contributed by atoms with E-state index in [1.165, 1.54) is 5.56 Å². The Labute approximate surface area is 226 Å². The predicted octanol–water partition coefficient (Wildman–Crippen LogP) is 6.04. The van der Waals surface area contributed by atoms with E-state index in [0.717, 1.165) is 34.9 Å². The van der Waals surface area contributed by atoms with Crippen LogP contribution in [0.15, 0.2) is 66.7 Å². The van der Waals surface area contributed by atoms with Gasteiger partial charge in [0.05, 0.1) is 5.75 Å². The van der Waals surface area contributed by atoms with Gasteiger partial charge >= 0.3 is 0 Å². The summed E-state index contributed by atoms with van der Waals surface area (Å²) in [6, 6.07) is 21.2. The second kappa shape index (κ2) is 10.8. The van der Waals surface area contributed by atoms with Crippen LogP contribution in [0.2, 0.25) is 10.0 Å². The maximum Gasteiger partial charge on any atom is 0.253 e. The molecule has 2 amide bonds. The van der Waals surface area contributed by atoms with Gasteiger partial charge in [0, 0.05) is 54.0 Å². The number of thioether (sulfide) groups is 1. The van der Waals surface area contributed by atoms with Crippen LogP contribution in [0.25, 0.3) is 0 Å². The van der Waals surface area contributed by atoms with Crippen LogP contribution >= 0.6 is 35.0 Å². The van der Waals surface area contributed by atoms with Crippen LogP contribution in [0.4, 0.5) is 5.69 Å². The quantitative estimate of drug-likeness (QED) is 0.396. The molecule has 2 fully saturated rings. The Morgan fingerprint density at radius 1 is 0.917 bits per heavy atom. The lowest BCUT2D eigenvalue weighted by Crippen LogP contribution is -2.49. The Bertz CT molecular complexity index is 1260. The minimum atomic E-state index is -0.0678. The van der Waals surface area contributed by atoms with Crippen molar-refractivity contribution in [1.82, 2.24) is 9.80 Å². The maximum absolute atomic E-state index is 13.2. The fourth-order valence-electron chi connectivity index (χ4n) is 4.73. The first-order chi connectivity index (χ1) is 17.4. The summed E-state index contributed by atoms with van der Waals surface area (Å²) in [5.74, 6) is 0.611. The molecule has 0 aliphatic carbocycles. The second-order valence-corrected chi connectivity index (χ2v) is 11.1. The van der Waals surface area contributed by atoms with Crippen LogP contribution in [-0.4, -0.2) is 53.5 Å². The molecule has 0 bridgehead atoms. The zero-order valence-electron chi connectivity index (χ0n) is 20.0. The van der Waals surface area contributed by atoms with Crippen molar-refractivity contribution in [3.8, 4) is 0 Å². The first kappa shape index (κ1) is 25.0. The third kappa shape index (κ3) is 5.36. The van der Waals surface area contributed by atoms with Crippen LogP contribution in [0.1, 0.15) is 32.4 Å². The number of piperazine rings is 1. The standard InChI is InChI=1S/C28H27Cl2N3O2S/c1-19-2-9-24(30)16-25(19)31-12-14-32(15-13-31)27(35)21-5-7-22(8-6-21)28-33(26(34)18-36-28)17-20-3-10-23(29)11-4-20/h2-11,16,28H,12-15,17-18H2,1H3/t28-/m1/s1. The molecule has 5 nitrogen and oxygen atoms in total. The summed E-state index contributed by atoms with van der Waals surface area (Å²) in [6.07, 6.45) is 0. The molecule has 1 atom stereocenters. The fourth-order valence-corrected chi connectivity index (χ4v) is 6.21. The van der Waals surface area contributed by atoms with Gasteiger partial charge in [0.1, 0.15) is 5.37 Å². The number of amides is 2. The molecule has 0 N–H and O–H groups in total. The molecule has 0 saturated carbocycles. The highest BCUT2D eigenvalue weighted by atomic mass is 35.5. The third-order valence-corrected chi connectivity index (χ3v) is 8.50. The Kier molecular flexibility index (Phi) is 7.47. The van der Waals surface area contributed by atoms with Gasteiger partial charge in [-0.15, -0.1) is 11.8 Å². The highest BCUT2D eigenvalue weighted by Gasteiger charge is 2.33. The number of aryl methyl sites for hydroxylation is 1. The molecule has 0 spiro atoms. The van der Waals surface area contributed by atoms with Crippen molar-refractivity contribution in [3.63, 3.8) is 0 Å². The first-order valence-corrected chi connectivity index (χ1v) is 13.8. The third-order valence-electron chi connectivity index (χ3n) is 6.76. The highest BCUT2D eigenvalue weighted by Crippen LogP contribution is 2.39. The number of carbonyl (C=O) groups is 2. The smallest absolute Gasteiger partial charge is 0.253 e. The lowest BCUT2D eigenvalue weighted by molar-refractivity contribution is -0.128. The molecule has 3 aromatic rings. The van der Waals surface area contributed by atoms with Gasteiger partial charge < -0.3 is 14.7 Å². The molecule has 36 heavy (non-hydrogen) atoms. The van der Waals surface area contributed by atoms with E-state index in [1.54, 1.807) is 11.8 Å². The fraction of sp³-hybridized carbons (Fsp3) is 0.286. The molecule has 186 valence electrons. The van der Waals surface area contributed by atoms with Gasteiger partial charge in [0.25, 0.3) is 5.91 Å². The van der Waals surface area contributed by atoms with Crippen molar-refractivity contribution in [1.29, 1.82) is 0 Å². The molecule has 0 radical (unpaired) electrons. The van der Waals surface area contributed by atoms with Gasteiger partial charge in [0.2, 0.25) is 5.91 Å². The van der Waals surface area contributed by atoms with Crippen molar-refractivity contribution >= 4 is 52.5 Å². The van der Waals surface area contributed by atoms with Crippen LogP contribution < -0.4 is 4.90 Å². The van der Waals surface area contributed by atoms with Crippen molar-refractivity contribution < 1.29 is 9.59 Å². The van der Waals surface area contributed by atoms with Crippen LogP contribution in [0, 0.1) is 6.92 Å². The molecule has 8 heteroatoms. The zero-order valence-corrected chi connectivity index (χ0v) is 22.3. The van der Waals surface area contributed by atoms with E-state index >= 15 is 0 Å². The van der Waals surface area contributed by atoms with Gasteiger partial charge in [-0.2, -0.15) is 0 Å². The predicted molar refractivity (Wildman–Crippen MR) is 148 cm³/mol. The lowest BCUT2D eigenvalue weighted by Gasteiger charge is -2.37. The van der Waals surface area contributed by atoms with E-state index in [-0.39, 0.29) is 17.2 Å². The van der Waals surface area contributed by atoms with Gasteiger partial charge in [-0.3, -0.25) is 9.59 Å². The number of rotatable bonds is 5. The minimum absolute atomic E-state index is 0.0391. The average Bonchev–Trinajstić information content (AvgIpc) is 3.26. The summed E-state index contributed by atoms with van der Waals surface area (Å²) in [5, 5.41) is 1.34. The first-order valence-electron chi connectivity index (χ1n) is 11.9. The van der Waals surface area contributed by atoms with E-state index in [4.69, 9.17) is 23.2 Å². The van der Waals surface area contributed by atoms with Gasteiger partial charge in [0.15, 0.2) is 0 Å². The van der Waals surface area contributed by atoms with E-state index in [1.807, 2.05) is 76.5 Å². The SMILES string of the molecule is Cc1ccc(Cl)cc1N1CCN(C(=O)c2ccc([C@H]3SCC(=O)N3Cc3ccc(Cl)cc3)cc2)CC1. The highest BCUT2D eigenvalue weighted by molar-refractivity contribution is 8.00. The number of benzene rings is 3. The van der Waals surface area contributed by atoms with Crippen LogP contribution in [0.3, 0.4) is 0 Å². The van der Waals surface area contributed by atoms with E-state index < -0.39 is 0 Å². The van der Waals surface area contributed by atoms with Gasteiger partial charge in [-0.25, -0.2) is 0 Å². The number of hydrogen-bond acceptors (Lipinski definition) is 4. The summed E-state index contributed by atoms with van der Waals surface area (Å²) < 4.78 is 0. The van der Waals surface area contributed by atoms with E-state index in [0.29, 0.717) is 36.0 Å². The zero-order chi connectivity index (χ0) is 25.2. The lowest BCUT2D eigenvalue weighted by atomic mass is 10.1. The molecule has 2 aliphatic heterocycles. The number of halogens is 2. The average molecular weight is 541 g/mol. The second-order valence-electron chi connectivity index (χ2n) is 9.14. The molecule has 3 aromatic carbocycles. The van der Waals surface area contributed by atoms with Gasteiger partial charge in [-0.05, 0) is 60.0 Å². The topological polar surface area (TPSA) is 43.9 Å². The number of carbonyl (C=O) groups excluding carboxylic acids is 2. The summed E-state index contributed by atoms with van der Waals surface area (Å²) >= 11 is 13.8. The van der Waals surface area contributed by atoms with Crippen molar-refractivity contribution in [3.05, 3.63) is 99.0 Å². The van der Waals surface area contributed by atoms with Gasteiger partial charge in [-0.1, -0.05) is 53.5 Å². The van der Waals surface area contributed by atoms with Crippen molar-refractivity contribution in [2.24, 2.45) is 0 Å². The van der Waals surface area contributed by atoms with Crippen molar-refractivity contribution in [2.75, 3.05) is 36.8 Å². The molecule has 2 saturated heterocycles. The normalized spacial score (nSPS) is 18.1. The minimum Gasteiger partial charge on any atom is -0.368 e. The summed E-state index contributed by atoms with van der Waals surface area (Å²) in [4.78, 5) is 31.9. The van der Waals surface area contributed by atoms with E-state index in [2.05, 4.69) is 11.8 Å². The largest absolute Gasteiger partial charge is 0.368 e. The molecular weight excluding hydrogens is 513 g/mol. The van der Waals surface area contributed by atoms with Crippen molar-refractivity contribution in [2.45, 2.75) is 18.8 Å². The van der Waals surface area contributed by atoms with Crippen LogP contribution in [0.5, 0.6) is 0 Å². The molecule has 2 aliphatic rings. The summed E-state index contributed by atoms with van der Waals surface area (Å²) in [7, 11) is 0. The monoisotopic (exact) mass is 539 g/mol. The number of hydrogen-bond donors (Lipinski definition) is 0. The molecule has 5 rings (SSSR count).